The second kappa shape index (κ2) is 7.71. The van der Waals surface area contributed by atoms with E-state index in [1.165, 1.54) is 17.0 Å². The normalized spacial score (nSPS) is 10.7. The zero-order chi connectivity index (χ0) is 21.3. The second-order valence-corrected chi connectivity index (χ2v) is 7.00. The average molecular weight is 400 g/mol. The van der Waals surface area contributed by atoms with Gasteiger partial charge in [0.1, 0.15) is 0 Å². The van der Waals surface area contributed by atoms with Crippen LogP contribution in [0.5, 0.6) is 11.5 Å². The van der Waals surface area contributed by atoms with Gasteiger partial charge in [-0.25, -0.2) is 9.67 Å². The van der Waals surface area contributed by atoms with Gasteiger partial charge in [-0.1, -0.05) is 18.2 Å². The summed E-state index contributed by atoms with van der Waals surface area (Å²) in [4.78, 5) is 18.3. The molecule has 0 aliphatic rings. The van der Waals surface area contributed by atoms with Crippen molar-refractivity contribution in [1.82, 2.24) is 19.7 Å². The molecule has 2 N–H and O–H groups in total. The number of benzene rings is 2. The van der Waals surface area contributed by atoms with Crippen LogP contribution in [0.25, 0.3) is 28.3 Å². The van der Waals surface area contributed by atoms with Gasteiger partial charge in [0.25, 0.3) is 5.91 Å². The third-order valence-electron chi connectivity index (χ3n) is 4.66. The van der Waals surface area contributed by atoms with Crippen LogP contribution >= 0.6 is 0 Å². The zero-order valence-electron chi connectivity index (χ0n) is 16.5. The summed E-state index contributed by atoms with van der Waals surface area (Å²) >= 11 is 0. The number of amides is 1. The van der Waals surface area contributed by atoms with E-state index in [1.54, 1.807) is 43.2 Å². The first-order valence-electron chi connectivity index (χ1n) is 9.30. The first kappa shape index (κ1) is 19.2. The molecule has 4 aromatic rings. The fraction of sp³-hybridized carbons (Fsp3) is 0.0870. The van der Waals surface area contributed by atoms with Gasteiger partial charge in [0.15, 0.2) is 17.3 Å². The van der Waals surface area contributed by atoms with Crippen molar-refractivity contribution in [3.8, 4) is 39.8 Å². The van der Waals surface area contributed by atoms with Gasteiger partial charge in [-0.2, -0.15) is 5.10 Å². The maximum absolute atomic E-state index is 12.4. The number of aromatic nitrogens is 3. The Bertz CT molecular complexity index is 1220. The van der Waals surface area contributed by atoms with E-state index in [0.717, 1.165) is 5.56 Å². The maximum atomic E-state index is 12.4. The van der Waals surface area contributed by atoms with Crippen molar-refractivity contribution < 1.29 is 15.0 Å². The standard InChI is InChI=1S/C23H20N4O3/c1-26(2)23(30)17-7-5-6-15(12-17)18-14-19(16-9-10-20(28)21(29)13-16)27(25-18)22-8-3-4-11-24-22/h3-14,28-29H,1-2H3. The summed E-state index contributed by atoms with van der Waals surface area (Å²) in [7, 11) is 3.42. The predicted molar refractivity (Wildman–Crippen MR) is 114 cm³/mol. The third-order valence-corrected chi connectivity index (χ3v) is 4.66. The Morgan fingerprint density at radius 1 is 0.900 bits per heavy atom. The lowest BCUT2D eigenvalue weighted by molar-refractivity contribution is 0.0827. The fourth-order valence-electron chi connectivity index (χ4n) is 3.13. The van der Waals surface area contributed by atoms with E-state index in [0.29, 0.717) is 28.3 Å². The number of carbonyl (C=O) groups is 1. The van der Waals surface area contributed by atoms with Crippen LogP contribution in [0.3, 0.4) is 0 Å². The number of hydrogen-bond acceptors (Lipinski definition) is 5. The molecular weight excluding hydrogens is 380 g/mol. The summed E-state index contributed by atoms with van der Waals surface area (Å²) in [6.07, 6.45) is 1.67. The number of nitrogens with zero attached hydrogens (tertiary/aromatic N) is 4. The van der Waals surface area contributed by atoms with Gasteiger partial charge < -0.3 is 15.1 Å². The summed E-state index contributed by atoms with van der Waals surface area (Å²) in [5, 5.41) is 24.3. The van der Waals surface area contributed by atoms with Crippen molar-refractivity contribution >= 4 is 5.91 Å². The van der Waals surface area contributed by atoms with Gasteiger partial charge in [-0.15, -0.1) is 0 Å². The predicted octanol–water partition coefficient (Wildman–Crippen LogP) is 3.71. The lowest BCUT2D eigenvalue weighted by atomic mass is 10.1. The fourth-order valence-corrected chi connectivity index (χ4v) is 3.13. The molecule has 0 aliphatic carbocycles. The summed E-state index contributed by atoms with van der Waals surface area (Å²) in [5.74, 6) is 0.0932. The molecule has 0 fully saturated rings. The Morgan fingerprint density at radius 3 is 2.43 bits per heavy atom. The molecular formula is C23H20N4O3. The van der Waals surface area contributed by atoms with Crippen LogP contribution in [0.1, 0.15) is 10.4 Å². The zero-order valence-corrected chi connectivity index (χ0v) is 16.5. The topological polar surface area (TPSA) is 91.5 Å². The van der Waals surface area contributed by atoms with Crippen molar-refractivity contribution in [2.75, 3.05) is 14.1 Å². The van der Waals surface area contributed by atoms with Crippen molar-refractivity contribution in [3.63, 3.8) is 0 Å². The minimum Gasteiger partial charge on any atom is -0.504 e. The summed E-state index contributed by atoms with van der Waals surface area (Å²) < 4.78 is 1.67. The molecule has 7 heteroatoms. The Labute approximate surface area is 173 Å². The van der Waals surface area contributed by atoms with Gasteiger partial charge in [0, 0.05) is 37.0 Å². The maximum Gasteiger partial charge on any atom is 0.253 e. The van der Waals surface area contributed by atoms with Gasteiger partial charge in [0.05, 0.1) is 11.4 Å². The van der Waals surface area contributed by atoms with Gasteiger partial charge in [0.2, 0.25) is 0 Å². The molecule has 0 bridgehead atoms. The molecule has 1 amide bonds. The van der Waals surface area contributed by atoms with Crippen LogP contribution < -0.4 is 0 Å². The molecule has 0 spiro atoms. The molecule has 2 aromatic carbocycles. The average Bonchev–Trinajstić information content (AvgIpc) is 3.21. The van der Waals surface area contributed by atoms with E-state index >= 15 is 0 Å². The molecule has 4 rings (SSSR count). The molecule has 0 atom stereocenters. The Morgan fingerprint density at radius 2 is 1.73 bits per heavy atom. The van der Waals surface area contributed by atoms with Crippen molar-refractivity contribution in [1.29, 1.82) is 0 Å². The van der Waals surface area contributed by atoms with E-state index in [4.69, 9.17) is 5.10 Å². The van der Waals surface area contributed by atoms with Gasteiger partial charge in [-0.05, 0) is 48.5 Å². The smallest absolute Gasteiger partial charge is 0.253 e. The molecule has 0 radical (unpaired) electrons. The number of phenols is 2. The van der Waals surface area contributed by atoms with E-state index in [1.807, 2.05) is 36.4 Å². The highest BCUT2D eigenvalue weighted by Gasteiger charge is 2.16. The summed E-state index contributed by atoms with van der Waals surface area (Å²) in [5.41, 5.74) is 3.34. The minimum atomic E-state index is -0.221. The number of hydrogen-bond donors (Lipinski definition) is 2. The van der Waals surface area contributed by atoms with Crippen LogP contribution in [0.15, 0.2) is 72.9 Å². The molecule has 0 unspecified atom stereocenters. The SMILES string of the molecule is CN(C)C(=O)c1cccc(-c2cc(-c3ccc(O)c(O)c3)n(-c3ccccn3)n2)c1. The van der Waals surface area contributed by atoms with Crippen molar-refractivity contribution in [2.45, 2.75) is 0 Å². The molecule has 30 heavy (non-hydrogen) atoms. The second-order valence-electron chi connectivity index (χ2n) is 7.00. The number of phenolic OH excluding ortho intramolecular Hbond substituents is 2. The third kappa shape index (κ3) is 3.60. The first-order chi connectivity index (χ1) is 14.4. The van der Waals surface area contributed by atoms with E-state index in [-0.39, 0.29) is 17.4 Å². The number of carbonyl (C=O) groups excluding carboxylic acids is 1. The first-order valence-corrected chi connectivity index (χ1v) is 9.30. The van der Waals surface area contributed by atoms with Crippen molar-refractivity contribution in [2.24, 2.45) is 0 Å². The van der Waals surface area contributed by atoms with Crippen LogP contribution in [-0.2, 0) is 0 Å². The highest BCUT2D eigenvalue weighted by Crippen LogP contribution is 2.33. The molecule has 0 aliphatic heterocycles. The Kier molecular flexibility index (Phi) is 4.93. The summed E-state index contributed by atoms with van der Waals surface area (Å²) in [6, 6.07) is 19.2. The van der Waals surface area contributed by atoms with Crippen LogP contribution in [0.4, 0.5) is 0 Å². The number of pyridine rings is 1. The largest absolute Gasteiger partial charge is 0.504 e. The Balaban J connectivity index is 1.87. The highest BCUT2D eigenvalue weighted by molar-refractivity contribution is 5.95. The lowest BCUT2D eigenvalue weighted by Crippen LogP contribution is -2.21. The molecule has 0 saturated heterocycles. The number of rotatable bonds is 4. The Hall–Kier alpha value is -4.13. The van der Waals surface area contributed by atoms with Crippen LogP contribution in [0, 0.1) is 0 Å². The van der Waals surface area contributed by atoms with Gasteiger partial charge in [-0.3, -0.25) is 4.79 Å². The van der Waals surface area contributed by atoms with Crippen LogP contribution in [-0.4, -0.2) is 49.9 Å². The molecule has 2 aromatic heterocycles. The van der Waals surface area contributed by atoms with Crippen LogP contribution in [0.2, 0.25) is 0 Å². The monoisotopic (exact) mass is 400 g/mol. The van der Waals surface area contributed by atoms with Gasteiger partial charge >= 0.3 is 0 Å². The quantitative estimate of drug-likeness (QED) is 0.510. The molecule has 2 heterocycles. The van der Waals surface area contributed by atoms with E-state index in [2.05, 4.69) is 4.98 Å². The highest BCUT2D eigenvalue weighted by atomic mass is 16.3. The lowest BCUT2D eigenvalue weighted by Gasteiger charge is -2.10. The van der Waals surface area contributed by atoms with Crippen molar-refractivity contribution in [3.05, 3.63) is 78.5 Å². The molecule has 7 nitrogen and oxygen atoms in total. The minimum absolute atomic E-state index is 0.0929. The number of aromatic hydroxyl groups is 2. The summed E-state index contributed by atoms with van der Waals surface area (Å²) in [6.45, 7) is 0. The van der Waals surface area contributed by atoms with E-state index < -0.39 is 0 Å². The molecule has 150 valence electrons. The van der Waals surface area contributed by atoms with E-state index in [9.17, 15) is 15.0 Å². The molecule has 0 saturated carbocycles.